The zero-order chi connectivity index (χ0) is 8.55. The largest absolute Gasteiger partial charge is 0.421 e. The molecule has 0 N–H and O–H groups in total. The molecule has 0 saturated carbocycles. The fourth-order valence-corrected chi connectivity index (χ4v) is 1.67. The van der Waals surface area contributed by atoms with E-state index < -0.39 is 0 Å². The minimum Gasteiger partial charge on any atom is -0.421 e. The Labute approximate surface area is 81.6 Å². The summed E-state index contributed by atoms with van der Waals surface area (Å²) in [4.78, 5) is 0. The number of fused-ring (bicyclic) bond motifs is 1. The van der Waals surface area contributed by atoms with Crippen molar-refractivity contribution >= 4 is 36.5 Å². The molecule has 0 bridgehead atoms. The van der Waals surface area contributed by atoms with E-state index >= 15 is 0 Å². The van der Waals surface area contributed by atoms with Gasteiger partial charge in [-0.15, -0.1) is 0 Å². The summed E-state index contributed by atoms with van der Waals surface area (Å²) >= 11 is 10.0. The fraction of sp³-hybridized carbons (Fsp3) is 0. The molecule has 2 aromatic rings. The van der Waals surface area contributed by atoms with E-state index in [2.05, 4.69) is 0 Å². The van der Waals surface area contributed by atoms with E-state index in [-0.39, 0.29) is 0 Å². The predicted octanol–water partition coefficient (Wildman–Crippen LogP) is 0.0348. The van der Waals surface area contributed by atoms with Gasteiger partial charge in [0.15, 0.2) is 6.20 Å². The van der Waals surface area contributed by atoms with Crippen molar-refractivity contribution in [1.82, 2.24) is 0 Å². The smallest absolute Gasteiger partial charge is 0.377 e. The lowest BCUT2D eigenvalue weighted by atomic mass is 10.2. The van der Waals surface area contributed by atoms with E-state index in [1.54, 1.807) is 10.3 Å². The molecule has 1 heterocycles. The first kappa shape index (κ1) is 7.64. The van der Waals surface area contributed by atoms with E-state index in [4.69, 9.17) is 25.6 Å². The molecular formula is C8H6N2S2. The average molecular weight is 194 g/mol. The highest BCUT2D eigenvalue weighted by atomic mass is 32.1. The minimum absolute atomic E-state index is 1.01. The lowest BCUT2D eigenvalue weighted by Crippen LogP contribution is -2.40. The molecule has 0 atom stereocenters. The van der Waals surface area contributed by atoms with Crippen LogP contribution in [0.15, 0.2) is 36.8 Å². The van der Waals surface area contributed by atoms with Crippen LogP contribution in [0.5, 0.6) is 0 Å². The molecule has 60 valence electrons. The second kappa shape index (κ2) is 2.80. The Morgan fingerprint density at radius 1 is 1.08 bits per heavy atom. The number of benzene rings is 1. The molecule has 0 radical (unpaired) electrons. The molecule has 1 aromatic heterocycles. The first-order chi connectivity index (χ1) is 5.77. The van der Waals surface area contributed by atoms with Crippen molar-refractivity contribution in [3.05, 3.63) is 36.8 Å². The third-order valence-corrected chi connectivity index (χ3v) is 2.15. The van der Waals surface area contributed by atoms with Gasteiger partial charge in [-0.2, -0.15) is 0 Å². The van der Waals surface area contributed by atoms with Gasteiger partial charge in [0.2, 0.25) is 5.52 Å². The summed E-state index contributed by atoms with van der Waals surface area (Å²) in [7, 11) is 0. The standard InChI is InChI=1S/C8H6N2S2/c11-9-5-7-3-1-2-4-8(7)10(12)6-9/h1-6H. The van der Waals surface area contributed by atoms with Gasteiger partial charge in [0, 0.05) is 6.07 Å². The monoisotopic (exact) mass is 194 g/mol. The van der Waals surface area contributed by atoms with Crippen LogP contribution in [0.25, 0.3) is 10.9 Å². The molecule has 1 aromatic carbocycles. The van der Waals surface area contributed by atoms with Crippen molar-refractivity contribution in [2.75, 3.05) is 0 Å². The average Bonchev–Trinajstić information content (AvgIpc) is 2.04. The first-order valence-electron chi connectivity index (χ1n) is 3.48. The van der Waals surface area contributed by atoms with Crippen molar-refractivity contribution in [3.63, 3.8) is 0 Å². The molecule has 2 rings (SSSR count). The highest BCUT2D eigenvalue weighted by molar-refractivity contribution is 7.51. The lowest BCUT2D eigenvalue weighted by Gasteiger charge is -2.02. The van der Waals surface area contributed by atoms with Gasteiger partial charge < -0.3 is 25.6 Å². The molecule has 0 amide bonds. The first-order valence-corrected chi connectivity index (χ1v) is 4.21. The summed E-state index contributed by atoms with van der Waals surface area (Å²) in [5.74, 6) is 0. The Bertz CT molecular complexity index is 428. The summed E-state index contributed by atoms with van der Waals surface area (Å²) in [5.41, 5.74) is 1.01. The van der Waals surface area contributed by atoms with E-state index in [1.807, 2.05) is 30.5 Å². The predicted molar refractivity (Wildman–Crippen MR) is 49.9 cm³/mol. The molecule has 0 saturated heterocycles. The number of hydrogen-bond acceptors (Lipinski definition) is 2. The molecule has 0 aliphatic rings. The van der Waals surface area contributed by atoms with Gasteiger partial charge in [-0.3, -0.25) is 3.97 Å². The summed E-state index contributed by atoms with van der Waals surface area (Å²) < 4.78 is 3.14. The van der Waals surface area contributed by atoms with Gasteiger partial charge in [-0.25, -0.2) is 3.97 Å². The van der Waals surface area contributed by atoms with E-state index in [0.29, 0.717) is 0 Å². The number of hydrogen-bond donors (Lipinski definition) is 0. The third kappa shape index (κ3) is 1.19. The third-order valence-electron chi connectivity index (χ3n) is 1.66. The lowest BCUT2D eigenvalue weighted by molar-refractivity contribution is -0.624. The van der Waals surface area contributed by atoms with Gasteiger partial charge in [-0.05, 0) is 6.07 Å². The van der Waals surface area contributed by atoms with Gasteiger partial charge in [0.25, 0.3) is 0 Å². The topological polar surface area (TPSA) is 7.76 Å². The summed E-state index contributed by atoms with van der Waals surface area (Å²) in [6.45, 7) is 0. The van der Waals surface area contributed by atoms with Gasteiger partial charge in [-0.1, -0.05) is 12.1 Å². The Morgan fingerprint density at radius 3 is 2.67 bits per heavy atom. The Morgan fingerprint density at radius 2 is 1.83 bits per heavy atom. The molecule has 0 aliphatic heterocycles. The van der Waals surface area contributed by atoms with Crippen molar-refractivity contribution in [1.29, 1.82) is 0 Å². The zero-order valence-electron chi connectivity index (χ0n) is 6.18. The van der Waals surface area contributed by atoms with Crippen molar-refractivity contribution in [2.45, 2.75) is 0 Å². The Kier molecular flexibility index (Phi) is 1.78. The van der Waals surface area contributed by atoms with Crippen molar-refractivity contribution in [3.8, 4) is 0 Å². The van der Waals surface area contributed by atoms with E-state index in [0.717, 1.165) is 10.9 Å². The van der Waals surface area contributed by atoms with Crippen LogP contribution in [0.1, 0.15) is 0 Å². The molecule has 0 aliphatic carbocycles. The van der Waals surface area contributed by atoms with Crippen LogP contribution in [-0.4, -0.2) is 0 Å². The van der Waals surface area contributed by atoms with Crippen molar-refractivity contribution < 1.29 is 7.94 Å². The minimum atomic E-state index is 1.01. The molecule has 0 unspecified atom stereocenters. The maximum absolute atomic E-state index is 5.07. The quantitative estimate of drug-likeness (QED) is 0.432. The molecule has 2 nitrogen and oxygen atoms in total. The van der Waals surface area contributed by atoms with E-state index in [9.17, 15) is 0 Å². The second-order valence-corrected chi connectivity index (χ2v) is 3.30. The molecule has 0 fully saturated rings. The van der Waals surface area contributed by atoms with Crippen LogP contribution in [0, 0.1) is 0 Å². The SMILES string of the molecule is [S-][n+]1cc2ccccc2[n+]([S-])c1. The summed E-state index contributed by atoms with van der Waals surface area (Å²) in [6, 6.07) is 7.88. The maximum Gasteiger partial charge on any atom is 0.377 e. The summed E-state index contributed by atoms with van der Waals surface area (Å²) in [6.07, 6.45) is 3.56. The fourth-order valence-electron chi connectivity index (χ4n) is 1.13. The van der Waals surface area contributed by atoms with Crippen molar-refractivity contribution in [2.24, 2.45) is 0 Å². The Balaban J connectivity index is 2.89. The van der Waals surface area contributed by atoms with Crippen LogP contribution < -0.4 is 7.94 Å². The Hall–Kier alpha value is -1.00. The van der Waals surface area contributed by atoms with E-state index in [1.165, 1.54) is 3.97 Å². The molecule has 0 spiro atoms. The van der Waals surface area contributed by atoms with Crippen LogP contribution in [0.4, 0.5) is 0 Å². The molecule has 4 heteroatoms. The van der Waals surface area contributed by atoms with Crippen LogP contribution in [0.3, 0.4) is 0 Å². The van der Waals surface area contributed by atoms with Crippen LogP contribution in [-0.2, 0) is 25.6 Å². The van der Waals surface area contributed by atoms with Gasteiger partial charge in [0.1, 0.15) is 5.39 Å². The second-order valence-electron chi connectivity index (χ2n) is 2.49. The number of para-hydroxylation sites is 1. The highest BCUT2D eigenvalue weighted by Crippen LogP contribution is 2.04. The normalized spacial score (nSPS) is 10.3. The molecule has 12 heavy (non-hydrogen) atoms. The van der Waals surface area contributed by atoms with Crippen LogP contribution >= 0.6 is 0 Å². The van der Waals surface area contributed by atoms with Gasteiger partial charge in [0.05, 0.1) is 0 Å². The highest BCUT2D eigenvalue weighted by Gasteiger charge is 2.02. The number of aromatic nitrogens is 2. The zero-order valence-corrected chi connectivity index (χ0v) is 7.81. The summed E-state index contributed by atoms with van der Waals surface area (Å²) in [5, 5.41) is 1.06. The van der Waals surface area contributed by atoms with Gasteiger partial charge >= 0.3 is 6.33 Å². The maximum atomic E-state index is 5.07. The van der Waals surface area contributed by atoms with Crippen LogP contribution in [0.2, 0.25) is 0 Å². The number of rotatable bonds is 0. The molecular weight excluding hydrogens is 188 g/mol. The number of nitrogens with zero attached hydrogens (tertiary/aromatic N) is 2.